The number of rotatable bonds is 11. The summed E-state index contributed by atoms with van der Waals surface area (Å²) in [5.74, 6) is 0.000412. The summed E-state index contributed by atoms with van der Waals surface area (Å²) in [6, 6.07) is 18.5. The molecule has 176 valence electrons. The Balaban J connectivity index is 1.28. The molecule has 0 saturated carbocycles. The largest absolute Gasteiger partial charge is 0.488 e. The van der Waals surface area contributed by atoms with Gasteiger partial charge >= 0.3 is 0 Å². The first kappa shape index (κ1) is 23.7. The minimum Gasteiger partial charge on any atom is -0.488 e. The zero-order valence-electron chi connectivity index (χ0n) is 18.6. The second kappa shape index (κ2) is 11.1. The van der Waals surface area contributed by atoms with Crippen LogP contribution in [0.3, 0.4) is 0 Å². The van der Waals surface area contributed by atoms with Crippen molar-refractivity contribution in [1.82, 2.24) is 9.55 Å². The third-order valence-corrected chi connectivity index (χ3v) is 6.53. The molecule has 2 aromatic heterocycles. The van der Waals surface area contributed by atoms with E-state index in [2.05, 4.69) is 4.98 Å². The Bertz CT molecular complexity index is 1240. The number of aromatic nitrogens is 2. The van der Waals surface area contributed by atoms with Gasteiger partial charge in [0.25, 0.3) is 5.91 Å². The number of ether oxygens (including phenoxy) is 1. The maximum atomic E-state index is 13.2. The van der Waals surface area contributed by atoms with E-state index < -0.39 is 12.0 Å². The van der Waals surface area contributed by atoms with Crippen molar-refractivity contribution in [2.24, 2.45) is 5.73 Å². The van der Waals surface area contributed by atoms with E-state index in [0.29, 0.717) is 19.6 Å². The number of primary amides is 1. The quantitative estimate of drug-likeness (QED) is 0.323. The minimum atomic E-state index is -0.584. The van der Waals surface area contributed by atoms with Crippen LogP contribution in [0.5, 0.6) is 5.75 Å². The number of carbonyl (C=O) groups excluding carboxylic acids is 1. The van der Waals surface area contributed by atoms with Gasteiger partial charge in [0.15, 0.2) is 0 Å². The lowest BCUT2D eigenvalue weighted by atomic mass is 10.0. The third kappa shape index (κ3) is 6.30. The van der Waals surface area contributed by atoms with E-state index in [-0.39, 0.29) is 11.5 Å². The fourth-order valence-electron chi connectivity index (χ4n) is 3.67. The van der Waals surface area contributed by atoms with Crippen molar-refractivity contribution in [3.8, 4) is 16.2 Å². The average molecular weight is 480 g/mol. The maximum absolute atomic E-state index is 13.2. The number of para-hydroxylation sites is 1. The Morgan fingerprint density at radius 3 is 2.71 bits per heavy atom. The van der Waals surface area contributed by atoms with Gasteiger partial charge in [-0.3, -0.25) is 4.79 Å². The molecule has 0 spiro atoms. The Hall–Kier alpha value is -3.49. The Morgan fingerprint density at radius 1 is 1.15 bits per heavy atom. The smallest absolute Gasteiger partial charge is 0.268 e. The molecule has 6 nitrogen and oxygen atoms in total. The molecular weight excluding hydrogens is 453 g/mol. The lowest BCUT2D eigenvalue weighted by Gasteiger charge is -2.13. The first-order valence-corrected chi connectivity index (χ1v) is 11.8. The third-order valence-electron chi connectivity index (χ3n) is 5.42. The summed E-state index contributed by atoms with van der Waals surface area (Å²) < 4.78 is 20.9. The molecule has 8 heteroatoms. The van der Waals surface area contributed by atoms with Gasteiger partial charge in [-0.1, -0.05) is 30.3 Å². The first-order valence-electron chi connectivity index (χ1n) is 11.0. The first-order chi connectivity index (χ1) is 16.5. The molecule has 0 bridgehead atoms. The fraction of sp³-hybridized carbons (Fsp3) is 0.231. The molecule has 0 aliphatic carbocycles. The van der Waals surface area contributed by atoms with Crippen LogP contribution in [0.2, 0.25) is 0 Å². The minimum absolute atomic E-state index is 0.189. The SMILES string of the molecule is NC(=O)c1cn(C[C@@H](O)CCCc2ccccc2OCc2ccc(-c3ccc(F)cc3)s2)cn1. The molecule has 4 rings (SSSR count). The molecule has 0 aliphatic heterocycles. The van der Waals surface area contributed by atoms with E-state index in [1.54, 1.807) is 34.2 Å². The van der Waals surface area contributed by atoms with Crippen molar-refractivity contribution < 1.29 is 19.0 Å². The summed E-state index contributed by atoms with van der Waals surface area (Å²) in [6.45, 7) is 0.807. The van der Waals surface area contributed by atoms with Gasteiger partial charge in [-0.2, -0.15) is 0 Å². The maximum Gasteiger partial charge on any atom is 0.268 e. The van der Waals surface area contributed by atoms with Crippen LogP contribution in [0.15, 0.2) is 73.2 Å². The predicted octanol–water partition coefficient (Wildman–Crippen LogP) is 4.81. The highest BCUT2D eigenvalue weighted by Crippen LogP contribution is 2.30. The summed E-state index contributed by atoms with van der Waals surface area (Å²) in [5, 5.41) is 10.3. The van der Waals surface area contributed by atoms with Crippen LogP contribution in [0.1, 0.15) is 33.8 Å². The van der Waals surface area contributed by atoms with Gasteiger partial charge in [-0.25, -0.2) is 9.37 Å². The van der Waals surface area contributed by atoms with E-state index in [0.717, 1.165) is 39.5 Å². The van der Waals surface area contributed by atoms with Gasteiger partial charge in [0.1, 0.15) is 23.9 Å². The number of amides is 1. The van der Waals surface area contributed by atoms with Crippen molar-refractivity contribution in [2.75, 3.05) is 0 Å². The lowest BCUT2D eigenvalue weighted by Crippen LogP contribution is -2.15. The topological polar surface area (TPSA) is 90.4 Å². The Kier molecular flexibility index (Phi) is 7.72. The van der Waals surface area contributed by atoms with Crippen molar-refractivity contribution in [2.45, 2.75) is 38.5 Å². The van der Waals surface area contributed by atoms with Crippen molar-refractivity contribution in [1.29, 1.82) is 0 Å². The van der Waals surface area contributed by atoms with E-state index in [4.69, 9.17) is 10.5 Å². The highest BCUT2D eigenvalue weighted by Gasteiger charge is 2.11. The van der Waals surface area contributed by atoms with Crippen molar-refractivity contribution in [3.05, 3.63) is 95.1 Å². The Morgan fingerprint density at radius 2 is 1.94 bits per heavy atom. The number of hydrogen-bond acceptors (Lipinski definition) is 5. The molecule has 0 unspecified atom stereocenters. The molecule has 2 aromatic carbocycles. The standard InChI is InChI=1S/C26H26FN3O3S/c27-20-10-8-19(9-11-20)25-13-12-22(34-25)16-33-24-7-2-1-4-18(24)5-3-6-21(31)14-30-15-23(26(28)32)29-17-30/h1-2,4,7-13,15,17,21,31H,3,5-6,14,16H2,(H2,28,32)/t21-/m0/s1. The van der Waals surface area contributed by atoms with Crippen LogP contribution in [-0.4, -0.2) is 26.7 Å². The van der Waals surface area contributed by atoms with E-state index in [9.17, 15) is 14.3 Å². The molecule has 0 saturated heterocycles. The molecule has 4 aromatic rings. The molecule has 1 atom stereocenters. The normalized spacial score (nSPS) is 11.9. The highest BCUT2D eigenvalue weighted by molar-refractivity contribution is 7.15. The molecule has 34 heavy (non-hydrogen) atoms. The molecule has 2 heterocycles. The average Bonchev–Trinajstić information content (AvgIpc) is 3.49. The number of aliphatic hydroxyl groups excluding tert-OH is 1. The van der Waals surface area contributed by atoms with Crippen molar-refractivity contribution in [3.63, 3.8) is 0 Å². The number of nitrogens with two attached hydrogens (primary N) is 1. The monoisotopic (exact) mass is 479 g/mol. The summed E-state index contributed by atoms with van der Waals surface area (Å²) in [7, 11) is 0. The number of halogens is 1. The van der Waals surface area contributed by atoms with Crippen molar-refractivity contribution >= 4 is 17.2 Å². The van der Waals surface area contributed by atoms with Crippen LogP contribution in [0, 0.1) is 5.82 Å². The number of aliphatic hydroxyl groups is 1. The molecule has 0 aliphatic rings. The zero-order valence-corrected chi connectivity index (χ0v) is 19.4. The molecule has 3 N–H and O–H groups in total. The van der Waals surface area contributed by atoms with Gasteiger partial charge < -0.3 is 20.1 Å². The van der Waals surface area contributed by atoms with E-state index in [1.807, 2.05) is 36.4 Å². The van der Waals surface area contributed by atoms with Gasteiger partial charge in [-0.05, 0) is 60.7 Å². The number of imidazole rings is 1. The number of nitrogens with zero attached hydrogens (tertiary/aromatic N) is 2. The lowest BCUT2D eigenvalue weighted by molar-refractivity contribution is 0.0995. The van der Waals surface area contributed by atoms with Gasteiger partial charge in [0.2, 0.25) is 0 Å². The number of hydrogen-bond donors (Lipinski definition) is 2. The summed E-state index contributed by atoms with van der Waals surface area (Å²) >= 11 is 1.63. The zero-order chi connectivity index (χ0) is 23.9. The highest BCUT2D eigenvalue weighted by atomic mass is 32.1. The van der Waals surface area contributed by atoms with Gasteiger partial charge in [-0.15, -0.1) is 11.3 Å². The number of aryl methyl sites for hydroxylation is 1. The predicted molar refractivity (Wildman–Crippen MR) is 130 cm³/mol. The van der Waals surface area contributed by atoms with Crippen LogP contribution < -0.4 is 10.5 Å². The van der Waals surface area contributed by atoms with E-state index >= 15 is 0 Å². The van der Waals surface area contributed by atoms with Crippen LogP contribution in [0.4, 0.5) is 4.39 Å². The Labute approximate surface area is 201 Å². The second-order valence-electron chi connectivity index (χ2n) is 8.04. The van der Waals surface area contributed by atoms with E-state index in [1.165, 1.54) is 18.5 Å². The molecule has 1 amide bonds. The molecule has 0 fully saturated rings. The van der Waals surface area contributed by atoms with Crippen LogP contribution >= 0.6 is 11.3 Å². The van der Waals surface area contributed by atoms with Gasteiger partial charge in [0.05, 0.1) is 12.4 Å². The van der Waals surface area contributed by atoms with Gasteiger partial charge in [0, 0.05) is 22.5 Å². The van der Waals surface area contributed by atoms with Crippen LogP contribution in [0.25, 0.3) is 10.4 Å². The number of thiophene rings is 1. The van der Waals surface area contributed by atoms with Crippen LogP contribution in [-0.2, 0) is 19.6 Å². The number of benzene rings is 2. The summed E-state index contributed by atoms with van der Waals surface area (Å²) in [4.78, 5) is 17.2. The molecular formula is C26H26FN3O3S. The molecule has 0 radical (unpaired) electrons. The second-order valence-corrected chi connectivity index (χ2v) is 9.20. The summed E-state index contributed by atoms with van der Waals surface area (Å²) in [5.41, 5.74) is 7.47. The fourth-order valence-corrected chi connectivity index (χ4v) is 4.60. The number of carbonyl (C=O) groups is 1. The summed E-state index contributed by atoms with van der Waals surface area (Å²) in [6.07, 6.45) is 4.64.